The number of carbonyl (C=O) groups is 2. The third-order valence-electron chi connectivity index (χ3n) is 6.11. The molecule has 0 aromatic heterocycles. The van der Waals surface area contributed by atoms with Crippen LogP contribution in [-0.4, -0.2) is 41.2 Å². The number of rotatable bonds is 6. The second-order valence-electron chi connectivity index (χ2n) is 10.5. The van der Waals surface area contributed by atoms with Gasteiger partial charge in [0, 0.05) is 25.1 Å². The monoisotopic (exact) mass is 433 g/mol. The van der Waals surface area contributed by atoms with Gasteiger partial charge in [0.15, 0.2) is 5.60 Å². The van der Waals surface area contributed by atoms with Crippen LogP contribution in [0.4, 0.5) is 0 Å². The molecule has 0 saturated carbocycles. The number of aromatic hydroxyl groups is 1. The summed E-state index contributed by atoms with van der Waals surface area (Å²) in [7, 11) is 0. The summed E-state index contributed by atoms with van der Waals surface area (Å²) in [5.41, 5.74) is 7.53. The fourth-order valence-corrected chi connectivity index (χ4v) is 4.33. The Morgan fingerprint density at radius 3 is 2.23 bits per heavy atom. The Bertz CT molecular complexity index is 871. The van der Waals surface area contributed by atoms with Crippen LogP contribution in [0.2, 0.25) is 0 Å². The van der Waals surface area contributed by atoms with Crippen molar-refractivity contribution in [3.05, 3.63) is 22.3 Å². The van der Waals surface area contributed by atoms with Gasteiger partial charge in [0.2, 0.25) is 5.91 Å². The van der Waals surface area contributed by atoms with Crippen LogP contribution in [0.1, 0.15) is 69.7 Å². The predicted molar refractivity (Wildman–Crippen MR) is 122 cm³/mol. The normalized spacial score (nSPS) is 20.3. The Hall–Kier alpha value is -2.28. The molecule has 0 fully saturated rings. The zero-order valence-electron chi connectivity index (χ0n) is 20.3. The molecule has 0 aliphatic carbocycles. The average molecular weight is 434 g/mol. The zero-order chi connectivity index (χ0) is 23.8. The Morgan fingerprint density at radius 1 is 1.06 bits per heavy atom. The highest BCUT2D eigenvalue weighted by Crippen LogP contribution is 2.43. The Labute approximate surface area is 186 Å². The maximum Gasteiger partial charge on any atom is 0.263 e. The van der Waals surface area contributed by atoms with Crippen LogP contribution >= 0.6 is 0 Å². The SMILES string of the molecule is Cc1c(C)c2c(c(C)c1O)CCC(C)(C(=O)NCCNC(=O)C(C)(N)CC(C)(C)C)O2. The number of fused-ring (bicyclic) bond motifs is 1. The molecule has 0 bridgehead atoms. The molecule has 1 aromatic rings. The number of carbonyl (C=O) groups excluding carboxylic acids is 2. The van der Waals surface area contributed by atoms with Gasteiger partial charge in [-0.3, -0.25) is 9.59 Å². The van der Waals surface area contributed by atoms with E-state index in [0.717, 1.165) is 22.3 Å². The average Bonchev–Trinajstić information content (AvgIpc) is 2.65. The van der Waals surface area contributed by atoms with Crippen LogP contribution in [0, 0.1) is 26.2 Å². The van der Waals surface area contributed by atoms with Gasteiger partial charge in [-0.25, -0.2) is 0 Å². The van der Waals surface area contributed by atoms with E-state index in [4.69, 9.17) is 10.5 Å². The fourth-order valence-electron chi connectivity index (χ4n) is 4.33. The minimum absolute atomic E-state index is 0.0656. The van der Waals surface area contributed by atoms with E-state index >= 15 is 0 Å². The van der Waals surface area contributed by atoms with Gasteiger partial charge in [0.1, 0.15) is 11.5 Å². The van der Waals surface area contributed by atoms with Gasteiger partial charge in [0.05, 0.1) is 5.54 Å². The first kappa shape index (κ1) is 25.0. The van der Waals surface area contributed by atoms with Gasteiger partial charge in [-0.2, -0.15) is 0 Å². The lowest BCUT2D eigenvalue weighted by Crippen LogP contribution is -2.55. The molecule has 0 saturated heterocycles. The number of nitrogens with one attached hydrogen (secondary N) is 2. The number of amides is 2. The van der Waals surface area contributed by atoms with E-state index in [1.807, 2.05) is 41.5 Å². The van der Waals surface area contributed by atoms with E-state index in [1.54, 1.807) is 13.8 Å². The van der Waals surface area contributed by atoms with Crippen LogP contribution in [0.25, 0.3) is 0 Å². The first-order valence-corrected chi connectivity index (χ1v) is 11.0. The van der Waals surface area contributed by atoms with E-state index in [1.165, 1.54) is 0 Å². The van der Waals surface area contributed by atoms with Crippen molar-refractivity contribution in [2.45, 2.75) is 85.8 Å². The topological polar surface area (TPSA) is 114 Å². The summed E-state index contributed by atoms with van der Waals surface area (Å²) < 4.78 is 6.19. The summed E-state index contributed by atoms with van der Waals surface area (Å²) >= 11 is 0. The van der Waals surface area contributed by atoms with Crippen LogP contribution in [0.15, 0.2) is 0 Å². The third-order valence-corrected chi connectivity index (χ3v) is 6.11. The lowest BCUT2D eigenvalue weighted by atomic mass is 9.81. The van der Waals surface area contributed by atoms with Crippen LogP contribution in [-0.2, 0) is 16.0 Å². The molecular formula is C24H39N3O4. The van der Waals surface area contributed by atoms with Crippen LogP contribution < -0.4 is 21.1 Å². The number of hydrogen-bond donors (Lipinski definition) is 4. The molecule has 7 nitrogen and oxygen atoms in total. The molecule has 5 N–H and O–H groups in total. The highest BCUT2D eigenvalue weighted by Gasteiger charge is 2.40. The predicted octanol–water partition coefficient (Wildman–Crippen LogP) is 2.79. The van der Waals surface area contributed by atoms with Crippen molar-refractivity contribution < 1.29 is 19.4 Å². The summed E-state index contributed by atoms with van der Waals surface area (Å²) in [5.74, 6) is 0.528. The lowest BCUT2D eigenvalue weighted by Gasteiger charge is -2.36. The number of phenols is 1. The lowest BCUT2D eigenvalue weighted by molar-refractivity contribution is -0.137. The van der Waals surface area contributed by atoms with Gasteiger partial charge in [-0.15, -0.1) is 0 Å². The number of benzene rings is 1. The summed E-state index contributed by atoms with van der Waals surface area (Å²) in [6, 6.07) is 0. The van der Waals surface area contributed by atoms with Crippen LogP contribution in [0.3, 0.4) is 0 Å². The van der Waals surface area contributed by atoms with E-state index in [0.29, 0.717) is 37.3 Å². The summed E-state index contributed by atoms with van der Waals surface area (Å²) in [4.78, 5) is 25.3. The number of nitrogens with two attached hydrogens (primary N) is 1. The van der Waals surface area contributed by atoms with E-state index in [9.17, 15) is 14.7 Å². The third kappa shape index (κ3) is 5.50. The molecule has 2 rings (SSSR count). The molecule has 31 heavy (non-hydrogen) atoms. The molecular weight excluding hydrogens is 394 g/mol. The first-order valence-electron chi connectivity index (χ1n) is 11.0. The van der Waals surface area contributed by atoms with Gasteiger partial charge in [-0.1, -0.05) is 20.8 Å². The molecule has 1 aromatic carbocycles. The van der Waals surface area contributed by atoms with E-state index in [2.05, 4.69) is 10.6 Å². The Kier molecular flexibility index (Phi) is 7.00. The van der Waals surface area contributed by atoms with Gasteiger partial charge < -0.3 is 26.2 Å². The largest absolute Gasteiger partial charge is 0.507 e. The smallest absolute Gasteiger partial charge is 0.263 e. The minimum Gasteiger partial charge on any atom is -0.507 e. The van der Waals surface area contributed by atoms with Crippen molar-refractivity contribution in [3.8, 4) is 11.5 Å². The molecule has 1 aliphatic heterocycles. The van der Waals surface area contributed by atoms with Crippen molar-refractivity contribution >= 4 is 11.8 Å². The maximum absolute atomic E-state index is 12.9. The number of phenolic OH excluding ortho intramolecular Hbond substituents is 1. The summed E-state index contributed by atoms with van der Waals surface area (Å²) in [6.07, 6.45) is 1.71. The maximum atomic E-state index is 12.9. The highest BCUT2D eigenvalue weighted by atomic mass is 16.5. The Morgan fingerprint density at radius 2 is 1.65 bits per heavy atom. The van der Waals surface area contributed by atoms with Crippen molar-refractivity contribution in [1.82, 2.24) is 10.6 Å². The van der Waals surface area contributed by atoms with Crippen molar-refractivity contribution in [2.24, 2.45) is 11.1 Å². The molecule has 2 amide bonds. The zero-order valence-corrected chi connectivity index (χ0v) is 20.3. The molecule has 2 unspecified atom stereocenters. The van der Waals surface area contributed by atoms with Gasteiger partial charge in [-0.05, 0) is 69.6 Å². The second kappa shape index (κ2) is 8.69. The Balaban J connectivity index is 1.96. The van der Waals surface area contributed by atoms with Crippen molar-refractivity contribution in [1.29, 1.82) is 0 Å². The highest BCUT2D eigenvalue weighted by molar-refractivity contribution is 5.87. The quantitative estimate of drug-likeness (QED) is 0.515. The minimum atomic E-state index is -1.01. The first-order chi connectivity index (χ1) is 14.1. The van der Waals surface area contributed by atoms with Gasteiger partial charge in [0.25, 0.3) is 5.91 Å². The molecule has 7 heteroatoms. The molecule has 1 aliphatic rings. The summed E-state index contributed by atoms with van der Waals surface area (Å²) in [6.45, 7) is 15.8. The molecule has 2 atom stereocenters. The standard InChI is InChI=1S/C24H39N3O4/c1-14-15(2)19-17(16(3)18(14)28)9-10-24(8,31-19)21(30)27-12-11-26-20(29)23(7,25)13-22(4,5)6/h28H,9-13,25H2,1-8H3,(H,26,29)(H,27,30). The molecule has 0 radical (unpaired) electrons. The van der Waals surface area contributed by atoms with Crippen molar-refractivity contribution in [3.63, 3.8) is 0 Å². The van der Waals surface area contributed by atoms with Crippen LogP contribution in [0.5, 0.6) is 11.5 Å². The molecule has 1 heterocycles. The van der Waals surface area contributed by atoms with E-state index < -0.39 is 11.1 Å². The number of hydrogen-bond acceptors (Lipinski definition) is 5. The van der Waals surface area contributed by atoms with E-state index in [-0.39, 0.29) is 23.8 Å². The fraction of sp³-hybridized carbons (Fsp3) is 0.667. The molecule has 174 valence electrons. The van der Waals surface area contributed by atoms with Gasteiger partial charge >= 0.3 is 0 Å². The number of ether oxygens (including phenoxy) is 1. The van der Waals surface area contributed by atoms with Crippen molar-refractivity contribution in [2.75, 3.05) is 13.1 Å². The second-order valence-corrected chi connectivity index (χ2v) is 10.5. The summed E-state index contributed by atoms with van der Waals surface area (Å²) in [5, 5.41) is 16.0. The molecule has 0 spiro atoms.